The number of hydrogen-bond donors (Lipinski definition) is 1. The molecular weight excluding hydrogens is 306 g/mol. The average molecular weight is 330 g/mol. The summed E-state index contributed by atoms with van der Waals surface area (Å²) in [6.45, 7) is 9.25. The highest BCUT2D eigenvalue weighted by molar-refractivity contribution is 9.10. The highest BCUT2D eigenvalue weighted by Gasteiger charge is 2.11. The van der Waals surface area contributed by atoms with E-state index in [0.717, 1.165) is 18.5 Å². The van der Waals surface area contributed by atoms with Crippen molar-refractivity contribution in [2.75, 3.05) is 5.32 Å². The van der Waals surface area contributed by atoms with Crippen molar-refractivity contribution in [1.29, 1.82) is 0 Å². The standard InChI is InChI=1S/C14H24BrN3O/c1-5-8-18-14(19)13(15)12(9-16-18)17-11(4)7-6-10(2)3/h9-11,17H,5-8H2,1-4H3. The summed E-state index contributed by atoms with van der Waals surface area (Å²) < 4.78 is 2.07. The van der Waals surface area contributed by atoms with Crippen LogP contribution in [0.4, 0.5) is 5.69 Å². The molecule has 0 aliphatic rings. The number of nitrogens with zero attached hydrogens (tertiary/aromatic N) is 2. The molecule has 0 aliphatic carbocycles. The van der Waals surface area contributed by atoms with Crippen LogP contribution in [0.25, 0.3) is 0 Å². The second-order valence-corrected chi connectivity index (χ2v) is 6.21. The number of aromatic nitrogens is 2. The predicted molar refractivity (Wildman–Crippen MR) is 83.6 cm³/mol. The molecule has 1 rings (SSSR count). The number of halogens is 1. The first kappa shape index (κ1) is 16.2. The van der Waals surface area contributed by atoms with Crippen LogP contribution in [0.2, 0.25) is 0 Å². The van der Waals surface area contributed by atoms with Crippen LogP contribution in [0.15, 0.2) is 15.5 Å². The molecule has 19 heavy (non-hydrogen) atoms. The molecule has 1 N–H and O–H groups in total. The highest BCUT2D eigenvalue weighted by Crippen LogP contribution is 2.19. The Bertz CT molecular complexity index is 456. The van der Waals surface area contributed by atoms with Gasteiger partial charge in [-0.1, -0.05) is 20.8 Å². The Hall–Kier alpha value is -0.840. The number of hydrogen-bond acceptors (Lipinski definition) is 3. The molecule has 1 aromatic rings. The Kier molecular flexibility index (Phi) is 6.55. The van der Waals surface area contributed by atoms with Gasteiger partial charge in [0.05, 0.1) is 11.9 Å². The first-order chi connectivity index (χ1) is 8.95. The summed E-state index contributed by atoms with van der Waals surface area (Å²) in [5.74, 6) is 0.698. The predicted octanol–water partition coefficient (Wildman–Crippen LogP) is 3.65. The Morgan fingerprint density at radius 1 is 1.37 bits per heavy atom. The molecule has 0 amide bonds. The van der Waals surface area contributed by atoms with E-state index in [1.165, 1.54) is 11.1 Å². The van der Waals surface area contributed by atoms with Crippen molar-refractivity contribution in [2.24, 2.45) is 5.92 Å². The van der Waals surface area contributed by atoms with Gasteiger partial charge in [0.15, 0.2) is 0 Å². The molecule has 0 saturated heterocycles. The summed E-state index contributed by atoms with van der Waals surface area (Å²) in [5.41, 5.74) is 0.719. The normalized spacial score (nSPS) is 12.7. The zero-order chi connectivity index (χ0) is 14.4. The molecule has 1 aromatic heterocycles. The Balaban J connectivity index is 2.74. The minimum absolute atomic E-state index is 0.0668. The van der Waals surface area contributed by atoms with Gasteiger partial charge in [-0.25, -0.2) is 4.68 Å². The molecule has 0 bridgehead atoms. The lowest BCUT2D eigenvalue weighted by Crippen LogP contribution is -2.26. The lowest BCUT2D eigenvalue weighted by molar-refractivity contribution is 0.526. The maximum Gasteiger partial charge on any atom is 0.283 e. The van der Waals surface area contributed by atoms with Crippen LogP contribution in [0.5, 0.6) is 0 Å². The first-order valence-electron chi connectivity index (χ1n) is 6.97. The van der Waals surface area contributed by atoms with Gasteiger partial charge in [0.2, 0.25) is 0 Å². The van der Waals surface area contributed by atoms with Gasteiger partial charge in [0.25, 0.3) is 5.56 Å². The molecule has 0 aromatic carbocycles. The third-order valence-electron chi connectivity index (χ3n) is 3.00. The highest BCUT2D eigenvalue weighted by atomic mass is 79.9. The topological polar surface area (TPSA) is 46.9 Å². The zero-order valence-electron chi connectivity index (χ0n) is 12.2. The largest absolute Gasteiger partial charge is 0.380 e. The third kappa shape index (κ3) is 4.97. The molecule has 1 heterocycles. The monoisotopic (exact) mass is 329 g/mol. The molecule has 5 heteroatoms. The first-order valence-corrected chi connectivity index (χ1v) is 7.77. The fourth-order valence-electron chi connectivity index (χ4n) is 1.86. The minimum Gasteiger partial charge on any atom is -0.380 e. The Morgan fingerprint density at radius 2 is 2.05 bits per heavy atom. The van der Waals surface area contributed by atoms with Crippen molar-refractivity contribution in [3.8, 4) is 0 Å². The van der Waals surface area contributed by atoms with Gasteiger partial charge in [0.1, 0.15) is 4.47 Å². The summed E-state index contributed by atoms with van der Waals surface area (Å²) in [4.78, 5) is 12.0. The third-order valence-corrected chi connectivity index (χ3v) is 3.77. The number of anilines is 1. The van der Waals surface area contributed by atoms with Gasteiger partial charge in [0, 0.05) is 12.6 Å². The van der Waals surface area contributed by atoms with Crippen LogP contribution in [-0.2, 0) is 6.54 Å². The summed E-state index contributed by atoms with van der Waals surface area (Å²) in [6.07, 6.45) is 4.89. The van der Waals surface area contributed by atoms with Gasteiger partial charge < -0.3 is 5.32 Å². The molecule has 108 valence electrons. The maximum absolute atomic E-state index is 12.0. The number of rotatable bonds is 7. The van der Waals surface area contributed by atoms with Crippen molar-refractivity contribution < 1.29 is 0 Å². The van der Waals surface area contributed by atoms with E-state index in [4.69, 9.17) is 0 Å². The van der Waals surface area contributed by atoms with E-state index in [2.05, 4.69) is 47.1 Å². The van der Waals surface area contributed by atoms with E-state index in [1.807, 2.05) is 6.92 Å². The summed E-state index contributed by atoms with van der Waals surface area (Å²) >= 11 is 3.37. The van der Waals surface area contributed by atoms with E-state index in [-0.39, 0.29) is 5.56 Å². The molecule has 0 aliphatic heterocycles. The van der Waals surface area contributed by atoms with Crippen LogP contribution < -0.4 is 10.9 Å². The van der Waals surface area contributed by atoms with Gasteiger partial charge in [-0.2, -0.15) is 5.10 Å². The number of aryl methyl sites for hydroxylation is 1. The van der Waals surface area contributed by atoms with Crippen molar-refractivity contribution >= 4 is 21.6 Å². The number of nitrogens with one attached hydrogen (secondary N) is 1. The van der Waals surface area contributed by atoms with Gasteiger partial charge in [-0.3, -0.25) is 4.79 Å². The molecule has 1 atom stereocenters. The van der Waals surface area contributed by atoms with Gasteiger partial charge >= 0.3 is 0 Å². The molecule has 0 saturated carbocycles. The van der Waals surface area contributed by atoms with E-state index in [9.17, 15) is 4.79 Å². The lowest BCUT2D eigenvalue weighted by Gasteiger charge is -2.17. The fourth-order valence-corrected chi connectivity index (χ4v) is 2.28. The van der Waals surface area contributed by atoms with E-state index < -0.39 is 0 Å². The maximum atomic E-state index is 12.0. The molecular formula is C14H24BrN3O. The SMILES string of the molecule is CCCn1ncc(NC(C)CCC(C)C)c(Br)c1=O. The molecule has 0 fully saturated rings. The van der Waals surface area contributed by atoms with Gasteiger partial charge in [-0.05, 0) is 48.0 Å². The fraction of sp³-hybridized carbons (Fsp3) is 0.714. The second-order valence-electron chi connectivity index (χ2n) is 5.42. The minimum atomic E-state index is -0.0668. The van der Waals surface area contributed by atoms with Crippen LogP contribution in [0, 0.1) is 5.92 Å². The molecule has 4 nitrogen and oxygen atoms in total. The van der Waals surface area contributed by atoms with Crippen LogP contribution >= 0.6 is 15.9 Å². The summed E-state index contributed by atoms with van der Waals surface area (Å²) in [7, 11) is 0. The van der Waals surface area contributed by atoms with Crippen molar-refractivity contribution in [3.63, 3.8) is 0 Å². The van der Waals surface area contributed by atoms with E-state index >= 15 is 0 Å². The Labute approximate surface area is 123 Å². The van der Waals surface area contributed by atoms with Crippen LogP contribution in [0.3, 0.4) is 0 Å². The van der Waals surface area contributed by atoms with Crippen molar-refractivity contribution in [2.45, 2.75) is 59.5 Å². The summed E-state index contributed by atoms with van der Waals surface area (Å²) in [5, 5.41) is 7.54. The van der Waals surface area contributed by atoms with E-state index in [1.54, 1.807) is 6.20 Å². The average Bonchev–Trinajstić information content (AvgIpc) is 2.36. The quantitative estimate of drug-likeness (QED) is 0.830. The Morgan fingerprint density at radius 3 is 2.63 bits per heavy atom. The summed E-state index contributed by atoms with van der Waals surface area (Å²) in [6, 6.07) is 0.335. The van der Waals surface area contributed by atoms with Crippen LogP contribution in [0.1, 0.15) is 47.0 Å². The van der Waals surface area contributed by atoms with Gasteiger partial charge in [-0.15, -0.1) is 0 Å². The van der Waals surface area contributed by atoms with E-state index in [0.29, 0.717) is 23.0 Å². The zero-order valence-corrected chi connectivity index (χ0v) is 13.8. The van der Waals surface area contributed by atoms with Crippen molar-refractivity contribution in [1.82, 2.24) is 9.78 Å². The van der Waals surface area contributed by atoms with Crippen molar-refractivity contribution in [3.05, 3.63) is 21.0 Å². The second kappa shape index (κ2) is 7.68. The molecule has 0 spiro atoms. The van der Waals surface area contributed by atoms with Crippen LogP contribution in [-0.4, -0.2) is 15.8 Å². The smallest absolute Gasteiger partial charge is 0.283 e. The molecule has 0 radical (unpaired) electrons. The molecule has 1 unspecified atom stereocenters. The lowest BCUT2D eigenvalue weighted by atomic mass is 10.0.